The largest absolute Gasteiger partial charge is 0.346 e. The van der Waals surface area contributed by atoms with Gasteiger partial charge in [-0.3, -0.25) is 9.59 Å². The van der Waals surface area contributed by atoms with Gasteiger partial charge in [-0.05, 0) is 49.6 Å². The molecule has 7 nitrogen and oxygen atoms in total. The molecule has 0 aromatic heterocycles. The quantitative estimate of drug-likeness (QED) is 0.678. The Morgan fingerprint density at radius 2 is 1.67 bits per heavy atom. The summed E-state index contributed by atoms with van der Waals surface area (Å²) in [6.45, 7) is 2.39. The number of amides is 2. The first kappa shape index (κ1) is 21.9. The molecule has 30 heavy (non-hydrogen) atoms. The van der Waals surface area contributed by atoms with Gasteiger partial charge in [0.2, 0.25) is 10.0 Å². The number of hydrogen-bond acceptors (Lipinski definition) is 4. The molecule has 160 valence electrons. The van der Waals surface area contributed by atoms with Gasteiger partial charge < -0.3 is 10.6 Å². The van der Waals surface area contributed by atoms with Gasteiger partial charge in [-0.25, -0.2) is 12.8 Å². The van der Waals surface area contributed by atoms with E-state index < -0.39 is 27.9 Å². The van der Waals surface area contributed by atoms with Gasteiger partial charge in [0.1, 0.15) is 5.82 Å². The number of nitrogens with zero attached hydrogens (tertiary/aromatic N) is 1. The summed E-state index contributed by atoms with van der Waals surface area (Å²) in [6, 6.07) is 11.8. The summed E-state index contributed by atoms with van der Waals surface area (Å²) in [6.07, 6.45) is 1.28. The normalized spacial score (nSPS) is 16.9. The summed E-state index contributed by atoms with van der Waals surface area (Å²) < 4.78 is 40.1. The molecule has 2 amide bonds. The Labute approximate surface area is 175 Å². The van der Waals surface area contributed by atoms with Crippen molar-refractivity contribution in [2.75, 3.05) is 13.1 Å². The van der Waals surface area contributed by atoms with E-state index in [1.165, 1.54) is 28.6 Å². The molecule has 1 aliphatic heterocycles. The van der Waals surface area contributed by atoms with Crippen LogP contribution < -0.4 is 10.6 Å². The first-order valence-corrected chi connectivity index (χ1v) is 11.1. The Kier molecular flexibility index (Phi) is 6.84. The second kappa shape index (κ2) is 9.36. The molecule has 1 heterocycles. The maximum absolute atomic E-state index is 12.9. The summed E-state index contributed by atoms with van der Waals surface area (Å²) >= 11 is 0. The minimum absolute atomic E-state index is 0.0495. The van der Waals surface area contributed by atoms with E-state index >= 15 is 0 Å². The average molecular weight is 434 g/mol. The van der Waals surface area contributed by atoms with Crippen LogP contribution in [0.2, 0.25) is 0 Å². The molecule has 0 unspecified atom stereocenters. The van der Waals surface area contributed by atoms with E-state index in [0.29, 0.717) is 24.9 Å². The number of halogens is 1. The SMILES string of the molecule is Cc1ccc(S(=O)(=O)N2CCC[C@@H]2CNC(=O)C(=O)NCc2ccc(F)cc2)cc1. The van der Waals surface area contributed by atoms with E-state index in [-0.39, 0.29) is 23.8 Å². The molecule has 0 radical (unpaired) electrons. The minimum Gasteiger partial charge on any atom is -0.346 e. The summed E-state index contributed by atoms with van der Waals surface area (Å²) in [7, 11) is -3.67. The molecule has 1 saturated heterocycles. The van der Waals surface area contributed by atoms with Crippen LogP contribution in [0.15, 0.2) is 53.4 Å². The smallest absolute Gasteiger partial charge is 0.309 e. The monoisotopic (exact) mass is 433 g/mol. The highest BCUT2D eigenvalue weighted by molar-refractivity contribution is 7.89. The van der Waals surface area contributed by atoms with Gasteiger partial charge in [-0.2, -0.15) is 4.31 Å². The van der Waals surface area contributed by atoms with Crippen molar-refractivity contribution in [1.82, 2.24) is 14.9 Å². The Morgan fingerprint density at radius 1 is 1.03 bits per heavy atom. The van der Waals surface area contributed by atoms with Crippen molar-refractivity contribution >= 4 is 21.8 Å². The molecule has 2 aromatic rings. The molecule has 2 aromatic carbocycles. The Bertz CT molecular complexity index is 1010. The van der Waals surface area contributed by atoms with E-state index in [4.69, 9.17) is 0 Å². The van der Waals surface area contributed by atoms with Gasteiger partial charge in [-0.1, -0.05) is 29.8 Å². The minimum atomic E-state index is -3.67. The standard InChI is InChI=1S/C21H24FN3O4S/c1-15-4-10-19(11-5-15)30(28,29)25-12-2-3-18(25)14-24-21(27)20(26)23-13-16-6-8-17(22)9-7-16/h4-11,18H,2-3,12-14H2,1H3,(H,23,26)(H,24,27)/t18-/m1/s1. The maximum atomic E-state index is 12.9. The van der Waals surface area contributed by atoms with Crippen molar-refractivity contribution in [2.45, 2.75) is 37.2 Å². The van der Waals surface area contributed by atoms with Crippen LogP contribution in [-0.2, 0) is 26.2 Å². The highest BCUT2D eigenvalue weighted by atomic mass is 32.2. The maximum Gasteiger partial charge on any atom is 0.309 e. The van der Waals surface area contributed by atoms with Crippen LogP contribution in [0.25, 0.3) is 0 Å². The summed E-state index contributed by atoms with van der Waals surface area (Å²) in [5.41, 5.74) is 1.62. The predicted octanol–water partition coefficient (Wildman–Crippen LogP) is 1.72. The molecule has 1 atom stereocenters. The number of sulfonamides is 1. The van der Waals surface area contributed by atoms with Gasteiger partial charge in [0.25, 0.3) is 0 Å². The average Bonchev–Trinajstić information content (AvgIpc) is 3.21. The third-order valence-electron chi connectivity index (χ3n) is 5.02. The Morgan fingerprint density at radius 3 is 2.33 bits per heavy atom. The summed E-state index contributed by atoms with van der Waals surface area (Å²) in [5.74, 6) is -2.05. The van der Waals surface area contributed by atoms with Crippen molar-refractivity contribution in [3.63, 3.8) is 0 Å². The lowest BCUT2D eigenvalue weighted by molar-refractivity contribution is -0.139. The molecule has 1 aliphatic rings. The van der Waals surface area contributed by atoms with Crippen molar-refractivity contribution in [2.24, 2.45) is 0 Å². The third kappa shape index (κ3) is 5.22. The van der Waals surface area contributed by atoms with Crippen molar-refractivity contribution < 1.29 is 22.4 Å². The number of nitrogens with one attached hydrogen (secondary N) is 2. The molecule has 3 rings (SSSR count). The molecule has 0 spiro atoms. The first-order chi connectivity index (χ1) is 14.3. The van der Waals surface area contributed by atoms with E-state index in [1.54, 1.807) is 24.3 Å². The number of carbonyl (C=O) groups is 2. The van der Waals surface area contributed by atoms with Gasteiger partial charge in [0.15, 0.2) is 0 Å². The van der Waals surface area contributed by atoms with Gasteiger partial charge >= 0.3 is 11.8 Å². The zero-order valence-corrected chi connectivity index (χ0v) is 17.4. The molecule has 2 N–H and O–H groups in total. The molecular formula is C21H24FN3O4S. The van der Waals surface area contributed by atoms with Crippen LogP contribution in [-0.4, -0.2) is 43.7 Å². The lowest BCUT2D eigenvalue weighted by Gasteiger charge is -2.24. The van der Waals surface area contributed by atoms with Crippen molar-refractivity contribution in [3.8, 4) is 0 Å². The number of aryl methyl sites for hydroxylation is 1. The van der Waals surface area contributed by atoms with Crippen LogP contribution in [0, 0.1) is 12.7 Å². The first-order valence-electron chi connectivity index (χ1n) is 9.66. The van der Waals surface area contributed by atoms with Crippen LogP contribution >= 0.6 is 0 Å². The second-order valence-electron chi connectivity index (χ2n) is 7.24. The van der Waals surface area contributed by atoms with E-state index in [2.05, 4.69) is 10.6 Å². The molecule has 0 saturated carbocycles. The fourth-order valence-electron chi connectivity index (χ4n) is 3.33. The Hall–Kier alpha value is -2.78. The number of benzene rings is 2. The topological polar surface area (TPSA) is 95.6 Å². The summed E-state index contributed by atoms with van der Waals surface area (Å²) in [5, 5.41) is 4.98. The van der Waals surface area contributed by atoms with Crippen molar-refractivity contribution in [1.29, 1.82) is 0 Å². The fraction of sp³-hybridized carbons (Fsp3) is 0.333. The van der Waals surface area contributed by atoms with E-state index in [1.807, 2.05) is 6.92 Å². The number of rotatable bonds is 6. The molecular weight excluding hydrogens is 409 g/mol. The van der Waals surface area contributed by atoms with Crippen LogP contribution in [0.4, 0.5) is 4.39 Å². The fourth-order valence-corrected chi connectivity index (χ4v) is 5.02. The van der Waals surface area contributed by atoms with Crippen LogP contribution in [0.1, 0.15) is 24.0 Å². The number of hydrogen-bond donors (Lipinski definition) is 2. The molecule has 0 aliphatic carbocycles. The van der Waals surface area contributed by atoms with Gasteiger partial charge in [0, 0.05) is 25.7 Å². The van der Waals surface area contributed by atoms with E-state index in [0.717, 1.165) is 5.56 Å². The molecule has 1 fully saturated rings. The highest BCUT2D eigenvalue weighted by Gasteiger charge is 2.35. The Balaban J connectivity index is 1.54. The molecule has 0 bridgehead atoms. The predicted molar refractivity (Wildman–Crippen MR) is 109 cm³/mol. The lowest BCUT2D eigenvalue weighted by atomic mass is 10.2. The van der Waals surface area contributed by atoms with E-state index in [9.17, 15) is 22.4 Å². The lowest BCUT2D eigenvalue weighted by Crippen LogP contribution is -2.46. The van der Waals surface area contributed by atoms with Gasteiger partial charge in [-0.15, -0.1) is 0 Å². The van der Waals surface area contributed by atoms with Crippen LogP contribution in [0.3, 0.4) is 0 Å². The van der Waals surface area contributed by atoms with Crippen molar-refractivity contribution in [3.05, 3.63) is 65.5 Å². The summed E-state index contributed by atoms with van der Waals surface area (Å²) in [4.78, 5) is 24.3. The second-order valence-corrected chi connectivity index (χ2v) is 9.13. The van der Waals surface area contributed by atoms with Crippen LogP contribution in [0.5, 0.6) is 0 Å². The third-order valence-corrected chi connectivity index (χ3v) is 6.99. The molecule has 9 heteroatoms. The van der Waals surface area contributed by atoms with Gasteiger partial charge in [0.05, 0.1) is 4.90 Å². The zero-order valence-electron chi connectivity index (χ0n) is 16.6. The number of carbonyl (C=O) groups excluding carboxylic acids is 2. The highest BCUT2D eigenvalue weighted by Crippen LogP contribution is 2.25. The zero-order chi connectivity index (χ0) is 21.7.